The first-order valence-electron chi connectivity index (χ1n) is 8.01. The van der Waals surface area contributed by atoms with Crippen molar-refractivity contribution < 1.29 is 14.3 Å². The van der Waals surface area contributed by atoms with E-state index in [1.54, 1.807) is 0 Å². The molecular formula is C17H25N3O3. The van der Waals surface area contributed by atoms with Crippen LogP contribution in [0, 0.1) is 5.92 Å². The molecular weight excluding hydrogens is 294 g/mol. The van der Waals surface area contributed by atoms with Crippen molar-refractivity contribution in [3.05, 3.63) is 29.8 Å². The highest BCUT2D eigenvalue weighted by Gasteiger charge is 2.30. The van der Waals surface area contributed by atoms with E-state index in [9.17, 15) is 9.59 Å². The highest BCUT2D eigenvalue weighted by molar-refractivity contribution is 5.94. The Morgan fingerprint density at radius 1 is 1.43 bits per heavy atom. The van der Waals surface area contributed by atoms with E-state index in [1.165, 1.54) is 0 Å². The fourth-order valence-corrected chi connectivity index (χ4v) is 2.48. The van der Waals surface area contributed by atoms with Crippen molar-refractivity contribution in [2.24, 2.45) is 5.92 Å². The normalized spacial score (nSPS) is 21.0. The fraction of sp³-hybridized carbons (Fsp3) is 0.529. The first kappa shape index (κ1) is 17.3. The van der Waals surface area contributed by atoms with Gasteiger partial charge in [-0.25, -0.2) is 4.79 Å². The number of hydrogen-bond donors (Lipinski definition) is 3. The monoisotopic (exact) mass is 319 g/mol. The third kappa shape index (κ3) is 5.25. The lowest BCUT2D eigenvalue weighted by Gasteiger charge is -2.28. The molecule has 2 rings (SSSR count). The quantitative estimate of drug-likeness (QED) is 0.779. The van der Waals surface area contributed by atoms with Gasteiger partial charge >= 0.3 is 6.03 Å². The minimum absolute atomic E-state index is 0.125. The summed E-state index contributed by atoms with van der Waals surface area (Å²) in [6.45, 7) is 7.08. The van der Waals surface area contributed by atoms with Gasteiger partial charge in [-0.2, -0.15) is 0 Å². The van der Waals surface area contributed by atoms with Gasteiger partial charge in [0.25, 0.3) is 0 Å². The Hall–Kier alpha value is -2.08. The molecule has 23 heavy (non-hydrogen) atoms. The lowest BCUT2D eigenvalue weighted by molar-refractivity contribution is -0.125. The van der Waals surface area contributed by atoms with Crippen molar-refractivity contribution in [1.29, 1.82) is 0 Å². The average molecular weight is 319 g/mol. The minimum atomic E-state index is -0.490. The maximum Gasteiger partial charge on any atom is 0.319 e. The number of piperidine rings is 1. The topological polar surface area (TPSA) is 79.5 Å². The van der Waals surface area contributed by atoms with E-state index in [0.717, 1.165) is 12.0 Å². The van der Waals surface area contributed by atoms with E-state index in [1.807, 2.05) is 45.0 Å². The molecule has 0 aromatic heterocycles. The molecule has 1 aliphatic heterocycles. The second-order valence-electron chi connectivity index (χ2n) is 6.19. The Kier molecular flexibility index (Phi) is 5.98. The Bertz CT molecular complexity index is 560. The number of hydrogen-bond acceptors (Lipinski definition) is 3. The summed E-state index contributed by atoms with van der Waals surface area (Å²) in [6, 6.07) is 6.62. The zero-order chi connectivity index (χ0) is 16.8. The molecule has 0 radical (unpaired) electrons. The van der Waals surface area contributed by atoms with Gasteiger partial charge in [0, 0.05) is 12.2 Å². The summed E-state index contributed by atoms with van der Waals surface area (Å²) in [5.74, 6) is -0.00161. The smallest absolute Gasteiger partial charge is 0.319 e. The first-order valence-corrected chi connectivity index (χ1v) is 8.01. The minimum Gasteiger partial charge on any atom is -0.374 e. The van der Waals surface area contributed by atoms with Crippen molar-refractivity contribution in [3.63, 3.8) is 0 Å². The molecule has 1 aromatic carbocycles. The molecule has 0 unspecified atom stereocenters. The number of benzene rings is 1. The summed E-state index contributed by atoms with van der Waals surface area (Å²) in [7, 11) is 0. The van der Waals surface area contributed by atoms with Crippen LogP contribution in [-0.2, 0) is 16.1 Å². The van der Waals surface area contributed by atoms with Crippen molar-refractivity contribution in [3.8, 4) is 0 Å². The summed E-state index contributed by atoms with van der Waals surface area (Å²) in [6.07, 6.45) is 1.01. The Morgan fingerprint density at radius 2 is 2.22 bits per heavy atom. The summed E-state index contributed by atoms with van der Waals surface area (Å²) < 4.78 is 5.56. The summed E-state index contributed by atoms with van der Waals surface area (Å²) in [5.41, 5.74) is 1.66. The SMILES string of the molecule is CC(C)OCc1cccc(NC(=O)N[C@H]2C(=O)NCC[C@@H]2C)c1. The van der Waals surface area contributed by atoms with Gasteiger partial charge in [0.2, 0.25) is 5.91 Å². The first-order chi connectivity index (χ1) is 11.0. The molecule has 1 aromatic rings. The molecule has 0 bridgehead atoms. The lowest BCUT2D eigenvalue weighted by atomic mass is 9.94. The maximum absolute atomic E-state index is 12.1. The standard InChI is InChI=1S/C17H25N3O3/c1-11(2)23-10-13-5-4-6-14(9-13)19-17(22)20-15-12(3)7-8-18-16(15)21/h4-6,9,11-12,15H,7-8,10H2,1-3H3,(H,18,21)(H2,19,20,22)/t12-,15+/m0/s1. The lowest BCUT2D eigenvalue weighted by Crippen LogP contribution is -2.55. The van der Waals surface area contributed by atoms with Crippen LogP contribution in [0.15, 0.2) is 24.3 Å². The number of nitrogens with one attached hydrogen (secondary N) is 3. The van der Waals surface area contributed by atoms with Gasteiger partial charge in [0.1, 0.15) is 6.04 Å². The molecule has 0 saturated carbocycles. The Balaban J connectivity index is 1.92. The Labute approximate surface area is 137 Å². The van der Waals surface area contributed by atoms with Crippen molar-refractivity contribution >= 4 is 17.6 Å². The van der Waals surface area contributed by atoms with E-state index in [4.69, 9.17) is 4.74 Å². The number of carbonyl (C=O) groups excluding carboxylic acids is 2. The van der Waals surface area contributed by atoms with Gasteiger partial charge in [-0.05, 0) is 43.9 Å². The van der Waals surface area contributed by atoms with Crippen LogP contribution < -0.4 is 16.0 Å². The number of anilines is 1. The molecule has 6 heteroatoms. The molecule has 1 fully saturated rings. The van der Waals surface area contributed by atoms with Crippen LogP contribution in [0.1, 0.15) is 32.8 Å². The molecule has 126 valence electrons. The van der Waals surface area contributed by atoms with Crippen molar-refractivity contribution in [1.82, 2.24) is 10.6 Å². The fourth-order valence-electron chi connectivity index (χ4n) is 2.48. The number of amides is 3. The van der Waals surface area contributed by atoms with E-state index in [-0.39, 0.29) is 24.0 Å². The third-order valence-corrected chi connectivity index (χ3v) is 3.81. The molecule has 3 N–H and O–H groups in total. The highest BCUT2D eigenvalue weighted by Crippen LogP contribution is 2.14. The number of carbonyl (C=O) groups is 2. The molecule has 0 spiro atoms. The van der Waals surface area contributed by atoms with E-state index in [0.29, 0.717) is 18.8 Å². The van der Waals surface area contributed by atoms with Gasteiger partial charge in [0.15, 0.2) is 0 Å². The van der Waals surface area contributed by atoms with Crippen molar-refractivity contribution in [2.75, 3.05) is 11.9 Å². The average Bonchev–Trinajstić information content (AvgIpc) is 2.49. The second-order valence-corrected chi connectivity index (χ2v) is 6.19. The van der Waals surface area contributed by atoms with Crippen LogP contribution in [0.25, 0.3) is 0 Å². The molecule has 6 nitrogen and oxygen atoms in total. The zero-order valence-electron chi connectivity index (χ0n) is 13.9. The number of rotatable bonds is 5. The number of ether oxygens (including phenoxy) is 1. The van der Waals surface area contributed by atoms with Gasteiger partial charge < -0.3 is 20.7 Å². The second kappa shape index (κ2) is 7.97. The van der Waals surface area contributed by atoms with Crippen LogP contribution in [0.3, 0.4) is 0 Å². The molecule has 0 aliphatic carbocycles. The largest absolute Gasteiger partial charge is 0.374 e. The zero-order valence-corrected chi connectivity index (χ0v) is 13.9. The van der Waals surface area contributed by atoms with Gasteiger partial charge in [-0.3, -0.25) is 4.79 Å². The maximum atomic E-state index is 12.1. The van der Waals surface area contributed by atoms with Crippen LogP contribution in [-0.4, -0.2) is 30.6 Å². The summed E-state index contributed by atoms with van der Waals surface area (Å²) >= 11 is 0. The van der Waals surface area contributed by atoms with E-state index < -0.39 is 6.04 Å². The van der Waals surface area contributed by atoms with Gasteiger partial charge in [-0.15, -0.1) is 0 Å². The predicted octanol–water partition coefficient (Wildman–Crippen LogP) is 2.26. The predicted molar refractivity (Wildman–Crippen MR) is 89.1 cm³/mol. The van der Waals surface area contributed by atoms with E-state index >= 15 is 0 Å². The molecule has 1 saturated heterocycles. The van der Waals surface area contributed by atoms with Crippen LogP contribution in [0.2, 0.25) is 0 Å². The van der Waals surface area contributed by atoms with Gasteiger partial charge in [0.05, 0.1) is 12.7 Å². The highest BCUT2D eigenvalue weighted by atomic mass is 16.5. The summed E-state index contributed by atoms with van der Waals surface area (Å²) in [4.78, 5) is 23.9. The van der Waals surface area contributed by atoms with Crippen molar-refractivity contribution in [2.45, 2.75) is 45.9 Å². The number of urea groups is 1. The molecule has 1 heterocycles. The van der Waals surface area contributed by atoms with Crippen LogP contribution in [0.5, 0.6) is 0 Å². The van der Waals surface area contributed by atoms with Gasteiger partial charge in [-0.1, -0.05) is 19.1 Å². The van der Waals surface area contributed by atoms with E-state index in [2.05, 4.69) is 16.0 Å². The molecule has 1 aliphatic rings. The summed E-state index contributed by atoms with van der Waals surface area (Å²) in [5, 5.41) is 8.29. The molecule has 3 amide bonds. The Morgan fingerprint density at radius 3 is 2.91 bits per heavy atom. The molecule has 2 atom stereocenters. The van der Waals surface area contributed by atoms with Crippen LogP contribution >= 0.6 is 0 Å². The van der Waals surface area contributed by atoms with Crippen LogP contribution in [0.4, 0.5) is 10.5 Å². The third-order valence-electron chi connectivity index (χ3n) is 3.81.